The predicted octanol–water partition coefficient (Wildman–Crippen LogP) is 2.61. The number of nitrogens with zero attached hydrogens (tertiary/aromatic N) is 3. The molecule has 0 radical (unpaired) electrons. The lowest BCUT2D eigenvalue weighted by Crippen LogP contribution is -2.50. The summed E-state index contributed by atoms with van der Waals surface area (Å²) in [5, 5.41) is 2.93. The van der Waals surface area contributed by atoms with Crippen molar-refractivity contribution < 1.29 is 14.3 Å². The van der Waals surface area contributed by atoms with Crippen molar-refractivity contribution >= 4 is 11.9 Å². The number of nitrogens with one attached hydrogen (secondary N) is 1. The number of amides is 3. The van der Waals surface area contributed by atoms with Gasteiger partial charge in [0.2, 0.25) is 5.91 Å². The molecule has 1 aromatic rings. The van der Waals surface area contributed by atoms with Gasteiger partial charge >= 0.3 is 6.03 Å². The Labute approximate surface area is 163 Å². The Balaban J connectivity index is 2.82. The Bertz CT molecular complexity index is 573. The summed E-state index contributed by atoms with van der Waals surface area (Å²) >= 11 is 0. The smallest absolute Gasteiger partial charge is 0.318 e. The van der Waals surface area contributed by atoms with E-state index in [4.69, 9.17) is 4.74 Å². The third-order valence-corrected chi connectivity index (χ3v) is 4.82. The maximum Gasteiger partial charge on any atom is 0.318 e. The van der Waals surface area contributed by atoms with Gasteiger partial charge in [0.05, 0.1) is 13.2 Å². The van der Waals surface area contributed by atoms with Crippen LogP contribution in [0.2, 0.25) is 0 Å². The van der Waals surface area contributed by atoms with Gasteiger partial charge in [-0.25, -0.2) is 4.79 Å². The SMILES string of the molecule is CCCCNC(=O)N(CC(=O)N(CCOC)Cc1cccn1C)C(C)CC. The van der Waals surface area contributed by atoms with Gasteiger partial charge in [0.15, 0.2) is 0 Å². The molecule has 1 N–H and O–H groups in total. The molecule has 0 spiro atoms. The van der Waals surface area contributed by atoms with E-state index in [1.54, 1.807) is 16.9 Å². The second-order valence-electron chi connectivity index (χ2n) is 6.89. The van der Waals surface area contributed by atoms with Crippen molar-refractivity contribution in [2.75, 3.05) is 33.4 Å². The molecule has 0 aliphatic heterocycles. The molecule has 0 bridgehead atoms. The van der Waals surface area contributed by atoms with Crippen molar-refractivity contribution in [2.45, 2.75) is 52.6 Å². The zero-order chi connectivity index (χ0) is 20.2. The Morgan fingerprint density at radius 3 is 2.63 bits per heavy atom. The van der Waals surface area contributed by atoms with Crippen LogP contribution in [0.15, 0.2) is 18.3 Å². The van der Waals surface area contributed by atoms with Crippen LogP contribution in [0.4, 0.5) is 4.79 Å². The van der Waals surface area contributed by atoms with Crippen LogP contribution in [-0.2, 0) is 23.1 Å². The lowest BCUT2D eigenvalue weighted by atomic mass is 10.2. The van der Waals surface area contributed by atoms with Crippen LogP contribution in [-0.4, -0.2) is 65.7 Å². The van der Waals surface area contributed by atoms with E-state index in [1.165, 1.54) is 0 Å². The molecule has 1 rings (SSSR count). The zero-order valence-electron chi connectivity index (χ0n) is 17.5. The molecule has 1 atom stereocenters. The molecule has 27 heavy (non-hydrogen) atoms. The molecule has 0 fully saturated rings. The quantitative estimate of drug-likeness (QED) is 0.567. The number of carbonyl (C=O) groups is 2. The average Bonchev–Trinajstić information content (AvgIpc) is 3.06. The lowest BCUT2D eigenvalue weighted by molar-refractivity contribution is -0.133. The van der Waals surface area contributed by atoms with Gasteiger partial charge in [0.1, 0.15) is 6.54 Å². The fourth-order valence-electron chi connectivity index (χ4n) is 2.72. The van der Waals surface area contributed by atoms with Gasteiger partial charge in [-0.2, -0.15) is 0 Å². The highest BCUT2D eigenvalue weighted by Gasteiger charge is 2.24. The minimum Gasteiger partial charge on any atom is -0.383 e. The number of hydrogen-bond donors (Lipinski definition) is 1. The van der Waals surface area contributed by atoms with Gasteiger partial charge in [0, 0.05) is 45.2 Å². The molecule has 0 aromatic carbocycles. The molecule has 7 nitrogen and oxygen atoms in total. The van der Waals surface area contributed by atoms with E-state index in [9.17, 15) is 9.59 Å². The third kappa shape index (κ3) is 7.62. The van der Waals surface area contributed by atoms with E-state index in [0.717, 1.165) is 25.0 Å². The topological polar surface area (TPSA) is 66.8 Å². The summed E-state index contributed by atoms with van der Waals surface area (Å²) in [6.45, 7) is 8.23. The molecule has 3 amide bonds. The van der Waals surface area contributed by atoms with Crippen LogP contribution in [0.3, 0.4) is 0 Å². The summed E-state index contributed by atoms with van der Waals surface area (Å²) in [5.74, 6) is -0.0702. The number of aryl methyl sites for hydroxylation is 1. The molecule has 0 aliphatic rings. The maximum atomic E-state index is 13.0. The Kier molecular flexibility index (Phi) is 10.6. The van der Waals surface area contributed by atoms with Crippen molar-refractivity contribution in [1.82, 2.24) is 19.7 Å². The average molecular weight is 381 g/mol. The summed E-state index contributed by atoms with van der Waals surface area (Å²) in [6.07, 6.45) is 4.71. The van der Waals surface area contributed by atoms with Crippen LogP contribution < -0.4 is 5.32 Å². The van der Waals surface area contributed by atoms with Crippen LogP contribution in [0.1, 0.15) is 45.7 Å². The zero-order valence-corrected chi connectivity index (χ0v) is 17.5. The highest BCUT2D eigenvalue weighted by molar-refractivity contribution is 5.84. The van der Waals surface area contributed by atoms with Crippen molar-refractivity contribution in [3.63, 3.8) is 0 Å². The highest BCUT2D eigenvalue weighted by Crippen LogP contribution is 2.09. The van der Waals surface area contributed by atoms with E-state index in [-0.39, 0.29) is 24.5 Å². The number of rotatable bonds is 12. The molecule has 0 saturated carbocycles. The second-order valence-corrected chi connectivity index (χ2v) is 6.89. The van der Waals surface area contributed by atoms with Gasteiger partial charge in [-0.05, 0) is 31.9 Å². The third-order valence-electron chi connectivity index (χ3n) is 4.82. The standard InChI is InChI=1S/C20H36N4O3/c1-6-8-11-21-20(26)24(17(3)7-2)16-19(25)23(13-14-27-5)15-18-10-9-12-22(18)4/h9-10,12,17H,6-8,11,13-16H2,1-5H3,(H,21,26). The van der Waals surface area contributed by atoms with Crippen LogP contribution in [0.25, 0.3) is 0 Å². The molecular formula is C20H36N4O3. The maximum absolute atomic E-state index is 13.0. The van der Waals surface area contributed by atoms with Crippen LogP contribution in [0.5, 0.6) is 0 Å². The fraction of sp³-hybridized carbons (Fsp3) is 0.700. The molecule has 1 heterocycles. The molecule has 0 saturated heterocycles. The van der Waals surface area contributed by atoms with Crippen molar-refractivity contribution in [1.29, 1.82) is 0 Å². The van der Waals surface area contributed by atoms with Gasteiger partial charge in [-0.3, -0.25) is 4.79 Å². The van der Waals surface area contributed by atoms with Gasteiger partial charge < -0.3 is 24.4 Å². The second kappa shape index (κ2) is 12.4. The first-order chi connectivity index (χ1) is 12.9. The summed E-state index contributed by atoms with van der Waals surface area (Å²) in [4.78, 5) is 29.0. The number of aromatic nitrogens is 1. The van der Waals surface area contributed by atoms with Crippen LogP contribution in [0, 0.1) is 0 Å². The first-order valence-corrected chi connectivity index (χ1v) is 9.85. The van der Waals surface area contributed by atoms with E-state index >= 15 is 0 Å². The van der Waals surface area contributed by atoms with E-state index in [0.29, 0.717) is 26.2 Å². The fourth-order valence-corrected chi connectivity index (χ4v) is 2.72. The number of methoxy groups -OCH3 is 1. The summed E-state index contributed by atoms with van der Waals surface area (Å²) in [5.41, 5.74) is 1.04. The van der Waals surface area contributed by atoms with Gasteiger partial charge in [-0.15, -0.1) is 0 Å². The molecule has 7 heteroatoms. The van der Waals surface area contributed by atoms with Crippen molar-refractivity contribution in [3.05, 3.63) is 24.0 Å². The minimum absolute atomic E-state index is 0.00473. The van der Waals surface area contributed by atoms with Crippen molar-refractivity contribution in [3.8, 4) is 0 Å². The summed E-state index contributed by atoms with van der Waals surface area (Å²) < 4.78 is 7.16. The molecular weight excluding hydrogens is 344 g/mol. The van der Waals surface area contributed by atoms with Gasteiger partial charge in [0.25, 0.3) is 0 Å². The molecule has 0 aliphatic carbocycles. The monoisotopic (exact) mass is 380 g/mol. The van der Waals surface area contributed by atoms with E-state index in [2.05, 4.69) is 12.2 Å². The number of unbranched alkanes of at least 4 members (excludes halogenated alkanes) is 1. The summed E-state index contributed by atoms with van der Waals surface area (Å²) in [6, 6.07) is 3.78. The predicted molar refractivity (Wildman–Crippen MR) is 107 cm³/mol. The Morgan fingerprint density at radius 1 is 1.33 bits per heavy atom. The normalized spacial score (nSPS) is 11.9. The molecule has 1 unspecified atom stereocenters. The Morgan fingerprint density at radius 2 is 2.07 bits per heavy atom. The van der Waals surface area contributed by atoms with Crippen molar-refractivity contribution in [2.24, 2.45) is 7.05 Å². The van der Waals surface area contributed by atoms with Gasteiger partial charge in [-0.1, -0.05) is 20.3 Å². The minimum atomic E-state index is -0.170. The summed E-state index contributed by atoms with van der Waals surface area (Å²) in [7, 11) is 3.58. The first kappa shape index (κ1) is 23.0. The largest absolute Gasteiger partial charge is 0.383 e. The highest BCUT2D eigenvalue weighted by atomic mass is 16.5. The lowest BCUT2D eigenvalue weighted by Gasteiger charge is -2.31. The molecule has 1 aromatic heterocycles. The molecule has 154 valence electrons. The number of urea groups is 1. The first-order valence-electron chi connectivity index (χ1n) is 9.85. The number of carbonyl (C=O) groups excluding carboxylic acids is 2. The van der Waals surface area contributed by atoms with E-state index < -0.39 is 0 Å². The van der Waals surface area contributed by atoms with Crippen LogP contribution >= 0.6 is 0 Å². The number of hydrogen-bond acceptors (Lipinski definition) is 3. The van der Waals surface area contributed by atoms with E-state index in [1.807, 2.05) is 43.8 Å². The number of ether oxygens (including phenoxy) is 1. The Hall–Kier alpha value is -2.02.